The number of rotatable bonds is 32. The predicted octanol–water partition coefficient (Wildman–Crippen LogP) is 8.28. The average molecular weight is 598 g/mol. The number of carbonyl (C=O) groups excluding carboxylic acids is 1. The van der Waals surface area contributed by atoms with Crippen molar-refractivity contribution in [3.05, 3.63) is 12.2 Å². The molecule has 0 spiro atoms. The van der Waals surface area contributed by atoms with E-state index in [-0.39, 0.29) is 0 Å². The standard InChI is InChI=1S/C36H71NO5/c1-3-5-7-9-11-12-13-14-15-16-17-18-19-20-21-22-23-24-26-28-30-34(40)36(42)37-32(31-38)35(41)33(39)29-27-25-10-8-6-4-2/h8,10,32-35,38-41H,3-7,9,11-31H2,1-2H3,(H,37,42)/b10-8+. The van der Waals surface area contributed by atoms with Gasteiger partial charge in [0.15, 0.2) is 0 Å². The minimum absolute atomic E-state index is 0.367. The smallest absolute Gasteiger partial charge is 0.249 e. The van der Waals surface area contributed by atoms with Crippen molar-refractivity contribution in [2.45, 2.75) is 205 Å². The summed E-state index contributed by atoms with van der Waals surface area (Å²) < 4.78 is 0. The van der Waals surface area contributed by atoms with Crippen molar-refractivity contribution >= 4 is 5.91 Å². The first-order valence-corrected chi connectivity index (χ1v) is 18.1. The first-order valence-electron chi connectivity index (χ1n) is 18.1. The van der Waals surface area contributed by atoms with Crippen molar-refractivity contribution in [3.8, 4) is 0 Å². The Balaban J connectivity index is 3.67. The third-order valence-electron chi connectivity index (χ3n) is 8.46. The molecule has 0 aliphatic carbocycles. The Bertz CT molecular complexity index is 599. The second-order valence-corrected chi connectivity index (χ2v) is 12.6. The maximum atomic E-state index is 12.4. The van der Waals surface area contributed by atoms with Crippen LogP contribution in [0.3, 0.4) is 0 Å². The zero-order valence-electron chi connectivity index (χ0n) is 27.8. The Kier molecular flexibility index (Phi) is 30.8. The molecule has 0 bridgehead atoms. The molecule has 0 saturated carbocycles. The van der Waals surface area contributed by atoms with Gasteiger partial charge in [-0.15, -0.1) is 0 Å². The van der Waals surface area contributed by atoms with Crippen molar-refractivity contribution in [1.29, 1.82) is 0 Å². The topological polar surface area (TPSA) is 110 Å². The zero-order chi connectivity index (χ0) is 31.1. The van der Waals surface area contributed by atoms with Crippen LogP contribution >= 0.6 is 0 Å². The number of unbranched alkanes of at least 4 members (excludes halogenated alkanes) is 21. The van der Waals surface area contributed by atoms with Gasteiger partial charge in [0.05, 0.1) is 18.8 Å². The normalized spacial score (nSPS) is 14.7. The summed E-state index contributed by atoms with van der Waals surface area (Å²) in [6.45, 7) is 3.90. The highest BCUT2D eigenvalue weighted by Crippen LogP contribution is 2.16. The van der Waals surface area contributed by atoms with Gasteiger partial charge < -0.3 is 25.7 Å². The van der Waals surface area contributed by atoms with Crippen molar-refractivity contribution in [2.75, 3.05) is 6.61 Å². The van der Waals surface area contributed by atoms with Gasteiger partial charge in [-0.1, -0.05) is 161 Å². The molecule has 0 aromatic rings. The van der Waals surface area contributed by atoms with Gasteiger partial charge in [0, 0.05) is 0 Å². The highest BCUT2D eigenvalue weighted by atomic mass is 16.3. The summed E-state index contributed by atoms with van der Waals surface area (Å²) >= 11 is 0. The van der Waals surface area contributed by atoms with E-state index in [1.54, 1.807) is 0 Å². The molecule has 4 unspecified atom stereocenters. The summed E-state index contributed by atoms with van der Waals surface area (Å²) in [5.74, 6) is -0.597. The third-order valence-corrected chi connectivity index (χ3v) is 8.46. The number of amides is 1. The molecular formula is C36H71NO5. The predicted molar refractivity (Wildman–Crippen MR) is 178 cm³/mol. The van der Waals surface area contributed by atoms with Gasteiger partial charge in [0.25, 0.3) is 0 Å². The SMILES string of the molecule is CCC/C=C/CCCC(O)C(O)C(CO)NC(=O)C(O)CCCCCCCCCCCCCCCCCCCCCC. The molecule has 250 valence electrons. The van der Waals surface area contributed by atoms with Crippen LogP contribution in [0.2, 0.25) is 0 Å². The molecule has 0 saturated heterocycles. The lowest BCUT2D eigenvalue weighted by atomic mass is 10.00. The molecule has 0 heterocycles. The second kappa shape index (κ2) is 31.5. The fourth-order valence-corrected chi connectivity index (χ4v) is 5.53. The van der Waals surface area contributed by atoms with Crippen LogP contribution in [0.1, 0.15) is 181 Å². The van der Waals surface area contributed by atoms with Crippen molar-refractivity contribution in [1.82, 2.24) is 5.32 Å². The Labute approximate surface area is 260 Å². The zero-order valence-corrected chi connectivity index (χ0v) is 27.8. The molecule has 6 nitrogen and oxygen atoms in total. The lowest BCUT2D eigenvalue weighted by Crippen LogP contribution is -2.53. The molecule has 5 N–H and O–H groups in total. The van der Waals surface area contributed by atoms with E-state index >= 15 is 0 Å². The fraction of sp³-hybridized carbons (Fsp3) is 0.917. The lowest BCUT2D eigenvalue weighted by Gasteiger charge is -2.27. The summed E-state index contributed by atoms with van der Waals surface area (Å²) in [7, 11) is 0. The summed E-state index contributed by atoms with van der Waals surface area (Å²) in [6, 6.07) is -0.993. The van der Waals surface area contributed by atoms with Gasteiger partial charge in [-0.2, -0.15) is 0 Å². The average Bonchev–Trinajstić information content (AvgIpc) is 2.99. The summed E-state index contributed by atoms with van der Waals surface area (Å²) in [6.07, 6.45) is 31.3. The maximum Gasteiger partial charge on any atom is 0.249 e. The van der Waals surface area contributed by atoms with Crippen LogP contribution in [0.15, 0.2) is 12.2 Å². The highest BCUT2D eigenvalue weighted by Gasteiger charge is 2.28. The van der Waals surface area contributed by atoms with Gasteiger partial charge in [-0.25, -0.2) is 0 Å². The van der Waals surface area contributed by atoms with E-state index in [2.05, 4.69) is 31.3 Å². The molecule has 0 aromatic heterocycles. The van der Waals surface area contributed by atoms with Crippen LogP contribution in [-0.2, 0) is 4.79 Å². The minimum Gasteiger partial charge on any atom is -0.394 e. The van der Waals surface area contributed by atoms with E-state index in [9.17, 15) is 25.2 Å². The molecule has 1 amide bonds. The van der Waals surface area contributed by atoms with E-state index in [0.29, 0.717) is 19.3 Å². The molecule has 0 aliphatic rings. The fourth-order valence-electron chi connectivity index (χ4n) is 5.53. The van der Waals surface area contributed by atoms with Crippen LogP contribution in [0, 0.1) is 0 Å². The molecule has 0 fully saturated rings. The van der Waals surface area contributed by atoms with Crippen molar-refractivity contribution < 1.29 is 25.2 Å². The van der Waals surface area contributed by atoms with Crippen molar-refractivity contribution in [2.24, 2.45) is 0 Å². The summed E-state index contributed by atoms with van der Waals surface area (Å²) in [4.78, 5) is 12.4. The van der Waals surface area contributed by atoms with Crippen LogP contribution in [0.5, 0.6) is 0 Å². The molecule has 0 aliphatic heterocycles. The van der Waals surface area contributed by atoms with Crippen LogP contribution in [0.4, 0.5) is 0 Å². The van der Waals surface area contributed by atoms with E-state index in [4.69, 9.17) is 0 Å². The van der Waals surface area contributed by atoms with Gasteiger partial charge >= 0.3 is 0 Å². The van der Waals surface area contributed by atoms with Crippen LogP contribution < -0.4 is 5.32 Å². The number of carbonyl (C=O) groups is 1. The minimum atomic E-state index is -1.27. The van der Waals surface area contributed by atoms with E-state index in [0.717, 1.165) is 38.5 Å². The van der Waals surface area contributed by atoms with Crippen LogP contribution in [-0.4, -0.2) is 57.3 Å². The van der Waals surface area contributed by atoms with Gasteiger partial charge in [-0.05, 0) is 32.1 Å². The molecule has 0 aromatic carbocycles. The van der Waals surface area contributed by atoms with Gasteiger partial charge in [0.2, 0.25) is 5.91 Å². The quantitative estimate of drug-likeness (QED) is 0.0396. The van der Waals surface area contributed by atoms with E-state index < -0.39 is 36.9 Å². The molecule has 42 heavy (non-hydrogen) atoms. The molecule has 0 radical (unpaired) electrons. The number of aliphatic hydroxyl groups is 4. The van der Waals surface area contributed by atoms with E-state index in [1.807, 2.05) is 0 Å². The number of allylic oxidation sites excluding steroid dienone is 2. The third kappa shape index (κ3) is 25.5. The Hall–Kier alpha value is -0.950. The second-order valence-electron chi connectivity index (χ2n) is 12.6. The first-order chi connectivity index (χ1) is 20.5. The number of hydrogen-bond acceptors (Lipinski definition) is 5. The molecule has 0 rings (SSSR count). The highest BCUT2D eigenvalue weighted by molar-refractivity contribution is 5.80. The molecule has 4 atom stereocenters. The Morgan fingerprint density at radius 1 is 0.571 bits per heavy atom. The molecular weight excluding hydrogens is 526 g/mol. The number of hydrogen-bond donors (Lipinski definition) is 5. The maximum absolute atomic E-state index is 12.4. The summed E-state index contributed by atoms with van der Waals surface area (Å²) in [5, 5.41) is 43.0. The number of nitrogens with one attached hydrogen (secondary N) is 1. The van der Waals surface area contributed by atoms with Crippen LogP contribution in [0.25, 0.3) is 0 Å². The number of aliphatic hydroxyl groups excluding tert-OH is 4. The Morgan fingerprint density at radius 2 is 1.00 bits per heavy atom. The monoisotopic (exact) mass is 598 g/mol. The lowest BCUT2D eigenvalue weighted by molar-refractivity contribution is -0.132. The largest absolute Gasteiger partial charge is 0.394 e. The van der Waals surface area contributed by atoms with E-state index in [1.165, 1.54) is 109 Å². The summed E-state index contributed by atoms with van der Waals surface area (Å²) in [5.41, 5.74) is 0. The molecule has 6 heteroatoms. The Morgan fingerprint density at radius 3 is 1.43 bits per heavy atom. The van der Waals surface area contributed by atoms with Crippen molar-refractivity contribution in [3.63, 3.8) is 0 Å². The van der Waals surface area contributed by atoms with Gasteiger partial charge in [-0.3, -0.25) is 4.79 Å². The van der Waals surface area contributed by atoms with Gasteiger partial charge in [0.1, 0.15) is 12.2 Å². The first kappa shape index (κ1) is 41.0.